The molecule has 0 bridgehead atoms. The number of nitro groups is 1. The minimum atomic E-state index is -0.903. The van der Waals surface area contributed by atoms with Gasteiger partial charge in [0.1, 0.15) is 6.61 Å². The summed E-state index contributed by atoms with van der Waals surface area (Å²) in [4.78, 5) is 41.3. The summed E-state index contributed by atoms with van der Waals surface area (Å²) >= 11 is 0. The summed E-state index contributed by atoms with van der Waals surface area (Å²) in [5.74, 6) is -2.16. The van der Waals surface area contributed by atoms with Crippen molar-refractivity contribution >= 4 is 23.7 Å². The average molecular weight is 543 g/mol. The van der Waals surface area contributed by atoms with Gasteiger partial charge in [-0.05, 0) is 43.5 Å². The second-order valence-electron chi connectivity index (χ2n) is 9.19. The largest absolute Gasteiger partial charge is 0.463 e. The van der Waals surface area contributed by atoms with Gasteiger partial charge < -0.3 is 19.4 Å². The van der Waals surface area contributed by atoms with Crippen LogP contribution in [0.25, 0.3) is 6.08 Å². The lowest BCUT2D eigenvalue weighted by atomic mass is 9.80. The van der Waals surface area contributed by atoms with Crippen LogP contribution in [-0.2, 0) is 25.6 Å². The summed E-state index contributed by atoms with van der Waals surface area (Å²) in [5.41, 5.74) is 3.71. The lowest BCUT2D eigenvalue weighted by Gasteiger charge is -2.30. The summed E-state index contributed by atoms with van der Waals surface area (Å²) in [6.45, 7) is 5.93. The van der Waals surface area contributed by atoms with E-state index >= 15 is 0 Å². The number of hydrogen-bond acceptors (Lipinski definition) is 8. The zero-order valence-corrected chi connectivity index (χ0v) is 22.5. The number of nitro benzene ring substituents is 1. The molecule has 206 valence electrons. The van der Waals surface area contributed by atoms with Gasteiger partial charge in [-0.25, -0.2) is 14.6 Å². The molecule has 4 rings (SSSR count). The molecule has 0 saturated heterocycles. The lowest BCUT2D eigenvalue weighted by Crippen LogP contribution is -2.32. The number of hydrogen-bond donors (Lipinski definition) is 1. The summed E-state index contributed by atoms with van der Waals surface area (Å²) < 4.78 is 12.8. The van der Waals surface area contributed by atoms with Crippen LogP contribution in [0, 0.1) is 10.1 Å². The highest BCUT2D eigenvalue weighted by Crippen LogP contribution is 2.40. The summed E-state index contributed by atoms with van der Waals surface area (Å²) in [6.07, 6.45) is 8.97. The van der Waals surface area contributed by atoms with Gasteiger partial charge in [-0.3, -0.25) is 10.1 Å². The van der Waals surface area contributed by atoms with Crippen molar-refractivity contribution in [1.82, 2.24) is 14.9 Å². The molecule has 1 aromatic heterocycles. The second kappa shape index (κ2) is 12.7. The molecule has 2 heterocycles. The Kier molecular flexibility index (Phi) is 8.90. The first-order chi connectivity index (χ1) is 19.3. The molecule has 0 radical (unpaired) electrons. The Bertz CT molecular complexity index is 1490. The zero-order valence-electron chi connectivity index (χ0n) is 22.5. The normalized spacial score (nSPS) is 15.2. The van der Waals surface area contributed by atoms with Crippen molar-refractivity contribution in [2.75, 3.05) is 13.2 Å². The van der Waals surface area contributed by atoms with Gasteiger partial charge in [-0.1, -0.05) is 42.5 Å². The number of ether oxygens (including phenoxy) is 2. The van der Waals surface area contributed by atoms with E-state index in [4.69, 9.17) is 9.47 Å². The number of nitrogens with zero attached hydrogens (tertiary/aromatic N) is 3. The third kappa shape index (κ3) is 6.52. The van der Waals surface area contributed by atoms with E-state index in [2.05, 4.69) is 10.3 Å². The quantitative estimate of drug-likeness (QED) is 0.218. The first kappa shape index (κ1) is 28.0. The fourth-order valence-corrected chi connectivity index (χ4v) is 4.61. The molecule has 10 heteroatoms. The average Bonchev–Trinajstić information content (AvgIpc) is 3.44. The number of rotatable bonds is 10. The van der Waals surface area contributed by atoms with Crippen LogP contribution in [0.3, 0.4) is 0 Å². The number of nitrogens with one attached hydrogen (secondary N) is 1. The Labute approximate surface area is 231 Å². The molecule has 0 aliphatic carbocycles. The van der Waals surface area contributed by atoms with E-state index < -0.39 is 22.8 Å². The second-order valence-corrected chi connectivity index (χ2v) is 9.19. The maximum absolute atomic E-state index is 13.4. The fraction of sp³-hybridized carbons (Fsp3) is 0.233. The topological polar surface area (TPSA) is 126 Å². The Morgan fingerprint density at radius 2 is 1.77 bits per heavy atom. The molecule has 0 fully saturated rings. The molecule has 1 atom stereocenters. The van der Waals surface area contributed by atoms with E-state index in [-0.39, 0.29) is 30.0 Å². The van der Waals surface area contributed by atoms with Crippen LogP contribution in [0.2, 0.25) is 0 Å². The van der Waals surface area contributed by atoms with Crippen molar-refractivity contribution in [2.45, 2.75) is 33.2 Å². The highest BCUT2D eigenvalue weighted by molar-refractivity contribution is 6.00. The van der Waals surface area contributed by atoms with Gasteiger partial charge in [-0.15, -0.1) is 0 Å². The maximum Gasteiger partial charge on any atom is 0.337 e. The molecule has 3 aromatic rings. The Hall–Kier alpha value is -4.99. The molecule has 1 N–H and O–H groups in total. The maximum atomic E-state index is 13.4. The molecule has 0 spiro atoms. The van der Waals surface area contributed by atoms with Gasteiger partial charge in [0.2, 0.25) is 0 Å². The van der Waals surface area contributed by atoms with Crippen molar-refractivity contribution < 1.29 is 24.0 Å². The number of aromatic nitrogens is 2. The van der Waals surface area contributed by atoms with Crippen molar-refractivity contribution in [3.8, 4) is 0 Å². The first-order valence-corrected chi connectivity index (χ1v) is 12.8. The van der Waals surface area contributed by atoms with Gasteiger partial charge in [0.25, 0.3) is 5.69 Å². The van der Waals surface area contributed by atoms with Crippen molar-refractivity contribution in [1.29, 1.82) is 0 Å². The highest BCUT2D eigenvalue weighted by Gasteiger charge is 2.38. The van der Waals surface area contributed by atoms with Crippen LogP contribution < -0.4 is 5.32 Å². The molecule has 0 amide bonds. The highest BCUT2D eigenvalue weighted by atomic mass is 16.6. The van der Waals surface area contributed by atoms with Crippen LogP contribution in [0.4, 0.5) is 5.69 Å². The number of imidazole rings is 1. The summed E-state index contributed by atoms with van der Waals surface area (Å²) in [6, 6.07) is 13.9. The van der Waals surface area contributed by atoms with Crippen LogP contribution in [-0.4, -0.2) is 39.6 Å². The van der Waals surface area contributed by atoms with E-state index in [0.717, 1.165) is 17.7 Å². The predicted octanol–water partition coefficient (Wildman–Crippen LogP) is 4.89. The van der Waals surface area contributed by atoms with Crippen LogP contribution in [0.5, 0.6) is 0 Å². The molecule has 1 aliphatic rings. The summed E-state index contributed by atoms with van der Waals surface area (Å²) in [7, 11) is 0. The van der Waals surface area contributed by atoms with Crippen molar-refractivity contribution in [2.24, 2.45) is 0 Å². The third-order valence-corrected chi connectivity index (χ3v) is 6.41. The van der Waals surface area contributed by atoms with Crippen molar-refractivity contribution in [3.05, 3.63) is 123 Å². The number of esters is 2. The van der Waals surface area contributed by atoms with Crippen molar-refractivity contribution in [3.63, 3.8) is 0 Å². The molecular weight excluding hydrogens is 512 g/mol. The Morgan fingerprint density at radius 3 is 2.40 bits per heavy atom. The van der Waals surface area contributed by atoms with Crippen LogP contribution in [0.1, 0.15) is 43.4 Å². The lowest BCUT2D eigenvalue weighted by molar-refractivity contribution is -0.384. The van der Waals surface area contributed by atoms with Crippen LogP contribution >= 0.6 is 0 Å². The molecule has 1 aliphatic heterocycles. The zero-order chi connectivity index (χ0) is 28.6. The Morgan fingerprint density at radius 1 is 1.07 bits per heavy atom. The smallest absolute Gasteiger partial charge is 0.337 e. The van der Waals surface area contributed by atoms with E-state index in [9.17, 15) is 19.7 Å². The third-order valence-electron chi connectivity index (χ3n) is 6.41. The van der Waals surface area contributed by atoms with E-state index in [0.29, 0.717) is 17.0 Å². The van der Waals surface area contributed by atoms with Crippen LogP contribution in [0.15, 0.2) is 95.9 Å². The number of carbonyl (C=O) groups is 2. The van der Waals surface area contributed by atoms with Gasteiger partial charge >= 0.3 is 11.9 Å². The number of non-ortho nitro benzene ring substituents is 1. The molecule has 1 unspecified atom stereocenters. The molecule has 10 nitrogen and oxygen atoms in total. The van der Waals surface area contributed by atoms with Gasteiger partial charge in [0, 0.05) is 42.5 Å². The summed E-state index contributed by atoms with van der Waals surface area (Å²) in [5, 5.41) is 14.5. The SMILES string of the molecule is CCOC(=O)C1=C(C)NC(C)=C(C(=O)OCC=Cc2ccc(Cn3ccnc3)cc2)C1c1cccc([N+](=O)[O-])c1. The van der Waals surface area contributed by atoms with Gasteiger partial charge in [-0.2, -0.15) is 0 Å². The number of benzene rings is 2. The molecule has 2 aromatic carbocycles. The Balaban J connectivity index is 1.52. The number of carbonyl (C=O) groups excluding carboxylic acids is 2. The number of allylic oxidation sites excluding steroid dienone is 2. The van der Waals surface area contributed by atoms with Gasteiger partial charge in [0.05, 0.1) is 34.9 Å². The number of dihydropyridines is 1. The minimum absolute atomic E-state index is 0.00844. The van der Waals surface area contributed by atoms with E-state index in [1.807, 2.05) is 41.1 Å². The monoisotopic (exact) mass is 542 g/mol. The minimum Gasteiger partial charge on any atom is -0.463 e. The van der Waals surface area contributed by atoms with E-state index in [1.54, 1.807) is 45.4 Å². The predicted molar refractivity (Wildman–Crippen MR) is 149 cm³/mol. The van der Waals surface area contributed by atoms with E-state index in [1.165, 1.54) is 18.2 Å². The molecule has 40 heavy (non-hydrogen) atoms. The molecular formula is C30H30N4O6. The standard InChI is InChI=1S/C30H30N4O6/c1-4-39-29(35)26-20(2)32-21(3)27(28(26)24-8-5-9-25(17-24)34(37)38)30(36)40-16-6-7-22-10-12-23(13-11-22)18-33-15-14-31-19-33/h5-15,17,19,28,32H,4,16,18H2,1-3H3. The van der Waals surface area contributed by atoms with Gasteiger partial charge in [0.15, 0.2) is 0 Å². The molecule has 0 saturated carbocycles. The fourth-order valence-electron chi connectivity index (χ4n) is 4.61. The first-order valence-electron chi connectivity index (χ1n) is 12.8.